The van der Waals surface area contributed by atoms with Gasteiger partial charge in [0, 0.05) is 11.1 Å². The van der Waals surface area contributed by atoms with Crippen LogP contribution in [0.15, 0.2) is 48.5 Å². The lowest BCUT2D eigenvalue weighted by Gasteiger charge is -2.43. The van der Waals surface area contributed by atoms with Gasteiger partial charge in [-0.1, -0.05) is 24.3 Å². The topological polar surface area (TPSA) is 80.4 Å². The molecule has 1 spiro atoms. The third-order valence-electron chi connectivity index (χ3n) is 6.14. The highest BCUT2D eigenvalue weighted by Gasteiger charge is 2.42. The molecule has 2 aromatic rings. The summed E-state index contributed by atoms with van der Waals surface area (Å²) >= 11 is 0. The van der Waals surface area contributed by atoms with E-state index >= 15 is 0 Å². The summed E-state index contributed by atoms with van der Waals surface area (Å²) in [6, 6.07) is 15.6. The first-order valence-electron chi connectivity index (χ1n) is 11.4. The van der Waals surface area contributed by atoms with Crippen molar-refractivity contribution in [3.05, 3.63) is 59.7 Å². The van der Waals surface area contributed by atoms with Crippen molar-refractivity contribution in [3.63, 3.8) is 0 Å². The number of hydrogen-bond acceptors (Lipinski definition) is 8. The number of rotatable bonds is 8. The summed E-state index contributed by atoms with van der Waals surface area (Å²) in [7, 11) is 0. The highest BCUT2D eigenvalue weighted by molar-refractivity contribution is 5.29. The van der Waals surface area contributed by atoms with Crippen molar-refractivity contribution in [2.45, 2.75) is 24.8 Å². The molecule has 4 heterocycles. The first-order valence-corrected chi connectivity index (χ1v) is 11.4. The van der Waals surface area contributed by atoms with Crippen molar-refractivity contribution in [2.75, 3.05) is 52.9 Å². The Morgan fingerprint density at radius 3 is 1.27 bits per heavy atom. The van der Waals surface area contributed by atoms with Crippen LogP contribution in [0.5, 0.6) is 11.5 Å². The van der Waals surface area contributed by atoms with Gasteiger partial charge in [-0.3, -0.25) is 0 Å². The minimum absolute atomic E-state index is 0.242. The molecule has 33 heavy (non-hydrogen) atoms. The molecule has 0 N–H and O–H groups in total. The molecule has 4 aliphatic heterocycles. The Hall–Kier alpha value is -2.20. The van der Waals surface area contributed by atoms with Gasteiger partial charge in [0.25, 0.3) is 0 Å². The molecule has 0 radical (unpaired) electrons. The van der Waals surface area contributed by atoms with Gasteiger partial charge in [-0.15, -0.1) is 0 Å². The normalized spacial score (nSPS) is 33.0. The van der Waals surface area contributed by atoms with E-state index in [2.05, 4.69) is 0 Å². The molecule has 0 aromatic heterocycles. The van der Waals surface area contributed by atoms with Crippen LogP contribution in [0, 0.1) is 5.41 Å². The van der Waals surface area contributed by atoms with E-state index < -0.39 is 12.6 Å². The summed E-state index contributed by atoms with van der Waals surface area (Å²) < 4.78 is 45.9. The van der Waals surface area contributed by atoms with Gasteiger partial charge < -0.3 is 37.9 Å². The first-order chi connectivity index (χ1) is 16.2. The Kier molecular flexibility index (Phi) is 5.96. The quantitative estimate of drug-likeness (QED) is 0.561. The molecule has 176 valence electrons. The van der Waals surface area contributed by atoms with E-state index in [4.69, 9.17) is 37.9 Å². The fourth-order valence-electron chi connectivity index (χ4n) is 3.89. The molecule has 4 saturated heterocycles. The zero-order chi connectivity index (χ0) is 22.1. The highest BCUT2D eigenvalue weighted by atomic mass is 16.7. The van der Waals surface area contributed by atoms with Crippen molar-refractivity contribution in [1.82, 2.24) is 0 Å². The lowest BCUT2D eigenvalue weighted by atomic mass is 9.90. The lowest BCUT2D eigenvalue weighted by Crippen LogP contribution is -2.49. The minimum Gasteiger partial charge on any atom is -0.491 e. The van der Waals surface area contributed by atoms with Crippen molar-refractivity contribution < 1.29 is 37.9 Å². The van der Waals surface area contributed by atoms with Crippen LogP contribution in [0.3, 0.4) is 0 Å². The van der Waals surface area contributed by atoms with Crippen molar-refractivity contribution >= 4 is 0 Å². The molecular formula is C25H28O8. The van der Waals surface area contributed by atoms with E-state index in [0.717, 1.165) is 35.8 Å². The van der Waals surface area contributed by atoms with E-state index in [0.29, 0.717) is 39.6 Å². The van der Waals surface area contributed by atoms with Crippen LogP contribution in [-0.2, 0) is 28.4 Å². The molecule has 0 aliphatic carbocycles. The highest BCUT2D eigenvalue weighted by Crippen LogP contribution is 2.38. The molecule has 6 rings (SSSR count). The fraction of sp³-hybridized carbons (Fsp3) is 0.520. The van der Waals surface area contributed by atoms with Crippen LogP contribution >= 0.6 is 0 Å². The van der Waals surface area contributed by atoms with Crippen molar-refractivity contribution in [1.29, 1.82) is 0 Å². The Labute approximate surface area is 192 Å². The molecule has 4 aliphatic rings. The molecule has 0 bridgehead atoms. The summed E-state index contributed by atoms with van der Waals surface area (Å²) in [5, 5.41) is 0. The largest absolute Gasteiger partial charge is 0.491 e. The average molecular weight is 456 g/mol. The van der Waals surface area contributed by atoms with E-state index in [1.807, 2.05) is 48.5 Å². The second kappa shape index (κ2) is 9.21. The lowest BCUT2D eigenvalue weighted by molar-refractivity contribution is -0.307. The summed E-state index contributed by atoms with van der Waals surface area (Å²) in [5.41, 5.74) is 1.63. The molecule has 8 heteroatoms. The van der Waals surface area contributed by atoms with Crippen LogP contribution in [0.4, 0.5) is 0 Å². The summed E-state index contributed by atoms with van der Waals surface area (Å²) in [6.07, 6.45) is -0.317. The average Bonchev–Trinajstić information content (AvgIpc) is 3.79. The Balaban J connectivity index is 0.973. The van der Waals surface area contributed by atoms with E-state index in [1.54, 1.807) is 0 Å². The van der Waals surface area contributed by atoms with Crippen LogP contribution in [0.2, 0.25) is 0 Å². The van der Waals surface area contributed by atoms with E-state index in [-0.39, 0.29) is 17.6 Å². The predicted octanol–water partition coefficient (Wildman–Crippen LogP) is 3.02. The van der Waals surface area contributed by atoms with Gasteiger partial charge in [0.15, 0.2) is 12.6 Å². The van der Waals surface area contributed by atoms with Crippen LogP contribution < -0.4 is 9.47 Å². The van der Waals surface area contributed by atoms with Crippen molar-refractivity contribution in [3.8, 4) is 11.5 Å². The van der Waals surface area contributed by atoms with E-state index in [9.17, 15) is 0 Å². The van der Waals surface area contributed by atoms with Gasteiger partial charge >= 0.3 is 0 Å². The van der Waals surface area contributed by atoms with Crippen LogP contribution in [0.1, 0.15) is 23.7 Å². The Bertz CT molecular complexity index is 825. The predicted molar refractivity (Wildman–Crippen MR) is 115 cm³/mol. The molecule has 0 saturated carbocycles. The second-order valence-electron chi connectivity index (χ2n) is 9.08. The number of ether oxygens (including phenoxy) is 8. The Morgan fingerprint density at radius 1 is 0.576 bits per heavy atom. The molecular weight excluding hydrogens is 428 g/mol. The van der Waals surface area contributed by atoms with Crippen LogP contribution in [-0.4, -0.2) is 65.1 Å². The summed E-state index contributed by atoms with van der Waals surface area (Å²) in [4.78, 5) is 0. The second-order valence-corrected chi connectivity index (χ2v) is 9.08. The number of epoxide rings is 2. The summed E-state index contributed by atoms with van der Waals surface area (Å²) in [6.45, 7) is 4.80. The zero-order valence-corrected chi connectivity index (χ0v) is 18.4. The first kappa shape index (κ1) is 21.3. The van der Waals surface area contributed by atoms with E-state index in [1.165, 1.54) is 0 Å². The smallest absolute Gasteiger partial charge is 0.183 e. The van der Waals surface area contributed by atoms with Gasteiger partial charge in [0.1, 0.15) is 36.9 Å². The number of benzene rings is 2. The van der Waals surface area contributed by atoms with Crippen LogP contribution in [0.25, 0.3) is 0 Å². The van der Waals surface area contributed by atoms with Gasteiger partial charge in [-0.25, -0.2) is 0 Å². The van der Waals surface area contributed by atoms with Gasteiger partial charge in [-0.05, 0) is 24.3 Å². The maximum atomic E-state index is 6.04. The molecule has 2 aromatic carbocycles. The zero-order valence-electron chi connectivity index (χ0n) is 18.4. The third-order valence-corrected chi connectivity index (χ3v) is 6.14. The molecule has 0 amide bonds. The van der Waals surface area contributed by atoms with Gasteiger partial charge in [0.2, 0.25) is 0 Å². The molecule has 2 unspecified atom stereocenters. The SMILES string of the molecule is c1cc(C2OCC3(CO2)COC(c2ccc(OCC4CO4)cc2)OC3)ccc1OCC1CO1. The fourth-order valence-corrected chi connectivity index (χ4v) is 3.89. The minimum atomic E-state index is -0.400. The number of hydrogen-bond donors (Lipinski definition) is 0. The van der Waals surface area contributed by atoms with Crippen molar-refractivity contribution in [2.24, 2.45) is 5.41 Å². The monoisotopic (exact) mass is 456 g/mol. The maximum absolute atomic E-state index is 6.04. The summed E-state index contributed by atoms with van der Waals surface area (Å²) in [5.74, 6) is 1.64. The van der Waals surface area contributed by atoms with Gasteiger partial charge in [0.05, 0.1) is 45.1 Å². The molecule has 4 fully saturated rings. The third kappa shape index (κ3) is 5.32. The Morgan fingerprint density at radius 2 is 0.939 bits per heavy atom. The van der Waals surface area contributed by atoms with Gasteiger partial charge in [-0.2, -0.15) is 0 Å². The molecule has 8 nitrogen and oxygen atoms in total. The maximum Gasteiger partial charge on any atom is 0.183 e. The molecule has 2 atom stereocenters. The standard InChI is InChI=1S/C25H28O8/c1-5-19(26-9-21-11-28-21)6-2-17(1)23-30-13-25(14-31-23)15-32-24(33-16-25)18-3-7-20(8-4-18)27-10-22-12-29-22/h1-8,21-24H,9-16H2.